The third-order valence-electron chi connectivity index (χ3n) is 3.69. The van der Waals surface area contributed by atoms with Gasteiger partial charge in [0.2, 0.25) is 0 Å². The standard InChI is InChI=1S/C15H22N2O2/c1-11-5-4-6-12(2)17(11)16-10-13-7-8-15(19-3)14(18)9-13/h7-12,18H,4-6H2,1-3H3. The minimum atomic E-state index is 0.145. The van der Waals surface area contributed by atoms with E-state index in [0.717, 1.165) is 5.56 Å². The van der Waals surface area contributed by atoms with Crippen molar-refractivity contribution in [3.63, 3.8) is 0 Å². The molecule has 1 aromatic carbocycles. The first-order chi connectivity index (χ1) is 9.11. The third kappa shape index (κ3) is 3.19. The highest BCUT2D eigenvalue weighted by molar-refractivity contribution is 5.80. The summed E-state index contributed by atoms with van der Waals surface area (Å²) in [6, 6.07) is 6.27. The maximum Gasteiger partial charge on any atom is 0.160 e. The van der Waals surface area contributed by atoms with E-state index in [2.05, 4.69) is 24.0 Å². The maximum absolute atomic E-state index is 9.73. The molecular formula is C15H22N2O2. The van der Waals surface area contributed by atoms with Crippen molar-refractivity contribution in [1.82, 2.24) is 5.01 Å². The molecule has 4 heteroatoms. The lowest BCUT2D eigenvalue weighted by molar-refractivity contribution is 0.109. The number of methoxy groups -OCH3 is 1. The predicted octanol–water partition coefficient (Wildman–Crippen LogP) is 3.00. The Kier molecular flexibility index (Phi) is 4.30. The second-order valence-electron chi connectivity index (χ2n) is 5.18. The summed E-state index contributed by atoms with van der Waals surface area (Å²) in [5.41, 5.74) is 0.878. The number of ether oxygens (including phenoxy) is 1. The number of nitrogens with zero attached hydrogens (tertiary/aromatic N) is 2. The topological polar surface area (TPSA) is 45.1 Å². The van der Waals surface area contributed by atoms with E-state index in [-0.39, 0.29) is 5.75 Å². The molecule has 2 atom stereocenters. The summed E-state index contributed by atoms with van der Waals surface area (Å²) in [6.07, 6.45) is 5.46. The average Bonchev–Trinajstić information content (AvgIpc) is 2.38. The highest BCUT2D eigenvalue weighted by Crippen LogP contribution is 2.26. The molecule has 0 amide bonds. The Morgan fingerprint density at radius 1 is 1.32 bits per heavy atom. The Labute approximate surface area is 114 Å². The first-order valence-electron chi connectivity index (χ1n) is 6.81. The first kappa shape index (κ1) is 13.7. The molecule has 1 N–H and O–H groups in total. The van der Waals surface area contributed by atoms with Crippen LogP contribution in [0.1, 0.15) is 38.7 Å². The van der Waals surface area contributed by atoms with E-state index in [0.29, 0.717) is 17.8 Å². The smallest absolute Gasteiger partial charge is 0.160 e. The first-order valence-corrected chi connectivity index (χ1v) is 6.81. The van der Waals surface area contributed by atoms with Gasteiger partial charge in [-0.05, 0) is 56.9 Å². The molecule has 4 nitrogen and oxygen atoms in total. The molecule has 1 aromatic rings. The molecule has 1 saturated heterocycles. The molecule has 2 unspecified atom stereocenters. The molecule has 0 saturated carbocycles. The Balaban J connectivity index is 2.11. The maximum atomic E-state index is 9.73. The molecular weight excluding hydrogens is 240 g/mol. The third-order valence-corrected chi connectivity index (χ3v) is 3.69. The predicted molar refractivity (Wildman–Crippen MR) is 76.9 cm³/mol. The van der Waals surface area contributed by atoms with Crippen LogP contribution < -0.4 is 4.74 Å². The number of aromatic hydroxyl groups is 1. The number of phenolic OH excluding ortho intramolecular Hbond substituents is 1. The van der Waals surface area contributed by atoms with E-state index in [1.807, 2.05) is 6.07 Å². The van der Waals surface area contributed by atoms with E-state index < -0.39 is 0 Å². The normalized spacial score (nSPS) is 23.8. The zero-order valence-corrected chi connectivity index (χ0v) is 11.8. The second kappa shape index (κ2) is 5.95. The monoisotopic (exact) mass is 262 g/mol. The number of hydrazone groups is 1. The van der Waals surface area contributed by atoms with Gasteiger partial charge in [-0.25, -0.2) is 0 Å². The minimum absolute atomic E-state index is 0.145. The molecule has 2 rings (SSSR count). The Bertz CT molecular complexity index is 449. The Morgan fingerprint density at radius 2 is 2.00 bits per heavy atom. The van der Waals surface area contributed by atoms with Gasteiger partial charge in [0.15, 0.2) is 11.5 Å². The lowest BCUT2D eigenvalue weighted by Crippen LogP contribution is -2.39. The Hall–Kier alpha value is -1.71. The van der Waals surface area contributed by atoms with Gasteiger partial charge in [-0.15, -0.1) is 0 Å². The fraction of sp³-hybridized carbons (Fsp3) is 0.533. The highest BCUT2D eigenvalue weighted by atomic mass is 16.5. The van der Waals surface area contributed by atoms with Crippen molar-refractivity contribution in [3.05, 3.63) is 23.8 Å². The van der Waals surface area contributed by atoms with Crippen molar-refractivity contribution in [2.45, 2.75) is 45.2 Å². The van der Waals surface area contributed by atoms with Gasteiger partial charge < -0.3 is 9.84 Å². The summed E-state index contributed by atoms with van der Waals surface area (Å²) in [5, 5.41) is 16.5. The zero-order valence-electron chi connectivity index (χ0n) is 11.8. The number of rotatable bonds is 3. The zero-order chi connectivity index (χ0) is 13.8. The molecule has 1 heterocycles. The summed E-state index contributed by atoms with van der Waals surface area (Å²) in [6.45, 7) is 4.41. The Morgan fingerprint density at radius 3 is 2.58 bits per heavy atom. The molecule has 0 radical (unpaired) electrons. The van der Waals surface area contributed by atoms with Gasteiger partial charge in [0.25, 0.3) is 0 Å². The van der Waals surface area contributed by atoms with E-state index >= 15 is 0 Å². The van der Waals surface area contributed by atoms with E-state index in [1.165, 1.54) is 19.3 Å². The molecule has 1 aliphatic rings. The van der Waals surface area contributed by atoms with Crippen LogP contribution in [0.25, 0.3) is 0 Å². The average molecular weight is 262 g/mol. The quantitative estimate of drug-likeness (QED) is 0.852. The van der Waals surface area contributed by atoms with Gasteiger partial charge in [-0.3, -0.25) is 5.01 Å². The van der Waals surface area contributed by atoms with Crippen molar-refractivity contribution < 1.29 is 9.84 Å². The SMILES string of the molecule is COc1ccc(C=NN2C(C)CCCC2C)cc1O. The second-order valence-corrected chi connectivity index (χ2v) is 5.18. The molecule has 19 heavy (non-hydrogen) atoms. The molecule has 0 aliphatic carbocycles. The summed E-state index contributed by atoms with van der Waals surface area (Å²) in [7, 11) is 1.54. The summed E-state index contributed by atoms with van der Waals surface area (Å²) in [5.74, 6) is 0.628. The number of hydrogen-bond acceptors (Lipinski definition) is 4. The molecule has 0 spiro atoms. The van der Waals surface area contributed by atoms with Gasteiger partial charge >= 0.3 is 0 Å². The lowest BCUT2D eigenvalue weighted by atomic mass is 10.00. The molecule has 0 aromatic heterocycles. The molecule has 104 valence electrons. The number of phenols is 1. The van der Waals surface area contributed by atoms with Crippen LogP contribution >= 0.6 is 0 Å². The van der Waals surface area contributed by atoms with Crippen LogP contribution in [0.2, 0.25) is 0 Å². The van der Waals surface area contributed by atoms with Crippen LogP contribution in [-0.2, 0) is 0 Å². The van der Waals surface area contributed by atoms with Gasteiger partial charge in [-0.1, -0.05) is 0 Å². The number of hydrogen-bond donors (Lipinski definition) is 1. The van der Waals surface area contributed by atoms with Crippen molar-refractivity contribution >= 4 is 6.21 Å². The summed E-state index contributed by atoms with van der Waals surface area (Å²) < 4.78 is 5.02. The van der Waals surface area contributed by atoms with Crippen LogP contribution in [-0.4, -0.2) is 35.5 Å². The van der Waals surface area contributed by atoms with Gasteiger partial charge in [0.05, 0.1) is 13.3 Å². The van der Waals surface area contributed by atoms with Gasteiger partial charge in [0.1, 0.15) is 0 Å². The molecule has 1 fully saturated rings. The fourth-order valence-electron chi connectivity index (χ4n) is 2.56. The fourth-order valence-corrected chi connectivity index (χ4v) is 2.56. The van der Waals surface area contributed by atoms with Gasteiger partial charge in [-0.2, -0.15) is 5.10 Å². The van der Waals surface area contributed by atoms with Gasteiger partial charge in [0, 0.05) is 12.1 Å². The van der Waals surface area contributed by atoms with Crippen LogP contribution in [0.5, 0.6) is 11.5 Å². The van der Waals surface area contributed by atoms with Crippen molar-refractivity contribution in [1.29, 1.82) is 0 Å². The van der Waals surface area contributed by atoms with E-state index in [1.54, 1.807) is 25.5 Å². The van der Waals surface area contributed by atoms with E-state index in [9.17, 15) is 5.11 Å². The van der Waals surface area contributed by atoms with Crippen LogP contribution in [0, 0.1) is 0 Å². The van der Waals surface area contributed by atoms with Crippen molar-refractivity contribution in [2.75, 3.05) is 7.11 Å². The van der Waals surface area contributed by atoms with Crippen LogP contribution in [0.3, 0.4) is 0 Å². The lowest BCUT2D eigenvalue weighted by Gasteiger charge is -2.36. The van der Waals surface area contributed by atoms with Crippen LogP contribution in [0.4, 0.5) is 0 Å². The summed E-state index contributed by atoms with van der Waals surface area (Å²) in [4.78, 5) is 0. The molecule has 1 aliphatic heterocycles. The highest BCUT2D eigenvalue weighted by Gasteiger charge is 2.22. The minimum Gasteiger partial charge on any atom is -0.504 e. The number of piperidine rings is 1. The van der Waals surface area contributed by atoms with E-state index in [4.69, 9.17) is 4.74 Å². The number of benzene rings is 1. The summed E-state index contributed by atoms with van der Waals surface area (Å²) >= 11 is 0. The molecule has 0 bridgehead atoms. The van der Waals surface area contributed by atoms with Crippen molar-refractivity contribution in [2.24, 2.45) is 5.10 Å². The largest absolute Gasteiger partial charge is 0.504 e. The van der Waals surface area contributed by atoms with Crippen LogP contribution in [0.15, 0.2) is 23.3 Å². The van der Waals surface area contributed by atoms with Crippen molar-refractivity contribution in [3.8, 4) is 11.5 Å².